The van der Waals surface area contributed by atoms with E-state index in [1.54, 1.807) is 11.8 Å². The highest BCUT2D eigenvalue weighted by atomic mass is 32.2. The molecule has 0 aliphatic carbocycles. The minimum atomic E-state index is -0.426. The molecule has 0 radical (unpaired) electrons. The second-order valence-corrected chi connectivity index (χ2v) is 5.12. The zero-order valence-electron chi connectivity index (χ0n) is 11.8. The number of nitro groups is 1. The maximum Gasteiger partial charge on any atom is 0.276 e. The van der Waals surface area contributed by atoms with Gasteiger partial charge < -0.3 is 10.6 Å². The number of rotatable bonds is 6. The molecule has 0 amide bonds. The normalized spacial score (nSPS) is 10.2. The first-order valence-corrected chi connectivity index (χ1v) is 7.66. The fourth-order valence-corrected chi connectivity index (χ4v) is 2.19. The van der Waals surface area contributed by atoms with Gasteiger partial charge >= 0.3 is 0 Å². The lowest BCUT2D eigenvalue weighted by Crippen LogP contribution is -2.03. The molecule has 0 unspecified atom stereocenters. The van der Waals surface area contributed by atoms with E-state index < -0.39 is 4.92 Å². The van der Waals surface area contributed by atoms with Crippen molar-refractivity contribution in [1.82, 2.24) is 4.98 Å². The van der Waals surface area contributed by atoms with E-state index in [0.29, 0.717) is 18.2 Å². The van der Waals surface area contributed by atoms with Gasteiger partial charge in [-0.25, -0.2) is 4.98 Å². The lowest BCUT2D eigenvalue weighted by molar-refractivity contribution is -0.384. The van der Waals surface area contributed by atoms with Crippen molar-refractivity contribution in [2.45, 2.75) is 11.8 Å². The average molecular weight is 304 g/mol. The van der Waals surface area contributed by atoms with Gasteiger partial charge in [-0.1, -0.05) is 0 Å². The van der Waals surface area contributed by atoms with Crippen molar-refractivity contribution in [3.63, 3.8) is 0 Å². The number of benzene rings is 1. The fraction of sp³-hybridized carbons (Fsp3) is 0.214. The van der Waals surface area contributed by atoms with Gasteiger partial charge in [-0.05, 0) is 37.4 Å². The van der Waals surface area contributed by atoms with Crippen LogP contribution in [-0.2, 0) is 0 Å². The Morgan fingerprint density at radius 1 is 1.24 bits per heavy atom. The SMILES string of the molecule is CCNc1cc([N+](=O)[O-])cc(Nc2ccc(SC)cc2)n1. The summed E-state index contributed by atoms with van der Waals surface area (Å²) >= 11 is 1.66. The molecule has 7 heteroatoms. The van der Waals surface area contributed by atoms with Crippen molar-refractivity contribution >= 4 is 34.8 Å². The third-order valence-corrected chi connectivity index (χ3v) is 3.48. The van der Waals surface area contributed by atoms with Crippen molar-refractivity contribution in [2.24, 2.45) is 0 Å². The lowest BCUT2D eigenvalue weighted by atomic mass is 10.3. The quantitative estimate of drug-likeness (QED) is 0.479. The Labute approximate surface area is 127 Å². The second-order valence-electron chi connectivity index (χ2n) is 4.24. The van der Waals surface area contributed by atoms with E-state index in [1.165, 1.54) is 12.1 Å². The van der Waals surface area contributed by atoms with Gasteiger partial charge in [0, 0.05) is 17.1 Å². The van der Waals surface area contributed by atoms with E-state index in [4.69, 9.17) is 0 Å². The van der Waals surface area contributed by atoms with Crippen LogP contribution < -0.4 is 10.6 Å². The van der Waals surface area contributed by atoms with Gasteiger partial charge in [0.15, 0.2) is 0 Å². The van der Waals surface area contributed by atoms with Crippen LogP contribution in [0, 0.1) is 10.1 Å². The van der Waals surface area contributed by atoms with Crippen LogP contribution in [0.1, 0.15) is 6.92 Å². The zero-order chi connectivity index (χ0) is 15.2. The minimum Gasteiger partial charge on any atom is -0.370 e. The van der Waals surface area contributed by atoms with E-state index in [2.05, 4.69) is 15.6 Å². The molecule has 1 aromatic carbocycles. The van der Waals surface area contributed by atoms with E-state index in [1.807, 2.05) is 37.4 Å². The highest BCUT2D eigenvalue weighted by Crippen LogP contribution is 2.24. The lowest BCUT2D eigenvalue weighted by Gasteiger charge is -2.09. The van der Waals surface area contributed by atoms with Crippen LogP contribution in [-0.4, -0.2) is 22.7 Å². The van der Waals surface area contributed by atoms with Crippen LogP contribution >= 0.6 is 11.8 Å². The molecule has 1 aromatic heterocycles. The first kappa shape index (κ1) is 15.1. The van der Waals surface area contributed by atoms with Crippen molar-refractivity contribution in [1.29, 1.82) is 0 Å². The second kappa shape index (κ2) is 6.94. The number of nitrogens with zero attached hydrogens (tertiary/aromatic N) is 2. The summed E-state index contributed by atoms with van der Waals surface area (Å²) in [6, 6.07) is 10.6. The largest absolute Gasteiger partial charge is 0.370 e. The Morgan fingerprint density at radius 2 is 1.90 bits per heavy atom. The number of nitrogens with one attached hydrogen (secondary N) is 2. The highest BCUT2D eigenvalue weighted by molar-refractivity contribution is 7.98. The summed E-state index contributed by atoms with van der Waals surface area (Å²) in [5, 5.41) is 17.0. The van der Waals surface area contributed by atoms with Crippen molar-refractivity contribution < 1.29 is 4.92 Å². The van der Waals surface area contributed by atoms with Crippen molar-refractivity contribution in [3.05, 3.63) is 46.5 Å². The Balaban J connectivity index is 2.26. The van der Waals surface area contributed by atoms with E-state index in [9.17, 15) is 10.1 Å². The molecule has 0 aliphatic heterocycles. The zero-order valence-corrected chi connectivity index (χ0v) is 12.6. The number of aromatic nitrogens is 1. The molecule has 0 aliphatic rings. The third-order valence-electron chi connectivity index (χ3n) is 2.74. The molecule has 0 bridgehead atoms. The van der Waals surface area contributed by atoms with Crippen LogP contribution in [0.25, 0.3) is 0 Å². The van der Waals surface area contributed by atoms with Crippen LogP contribution in [0.2, 0.25) is 0 Å². The smallest absolute Gasteiger partial charge is 0.276 e. The van der Waals surface area contributed by atoms with Crippen molar-refractivity contribution in [3.8, 4) is 0 Å². The number of anilines is 3. The Kier molecular flexibility index (Phi) is 4.99. The Morgan fingerprint density at radius 3 is 2.48 bits per heavy atom. The summed E-state index contributed by atoms with van der Waals surface area (Å²) < 4.78 is 0. The molecule has 2 rings (SSSR count). The molecular formula is C14H16N4O2S. The maximum absolute atomic E-state index is 11.0. The van der Waals surface area contributed by atoms with Gasteiger partial charge in [0.1, 0.15) is 11.6 Å². The standard InChI is InChI=1S/C14H16N4O2S/c1-3-15-13-8-11(18(19)20)9-14(17-13)16-10-4-6-12(21-2)7-5-10/h4-9H,3H2,1-2H3,(H2,15,16,17). The first-order valence-electron chi connectivity index (χ1n) is 6.44. The predicted molar refractivity (Wildman–Crippen MR) is 86.6 cm³/mol. The van der Waals surface area contributed by atoms with Crippen LogP contribution in [0.3, 0.4) is 0 Å². The molecule has 21 heavy (non-hydrogen) atoms. The maximum atomic E-state index is 11.0. The molecule has 2 N–H and O–H groups in total. The van der Waals surface area contributed by atoms with Crippen LogP contribution in [0.4, 0.5) is 23.0 Å². The van der Waals surface area contributed by atoms with Gasteiger partial charge in [0.25, 0.3) is 5.69 Å². The summed E-state index contributed by atoms with van der Waals surface area (Å²) in [7, 11) is 0. The topological polar surface area (TPSA) is 80.1 Å². The Hall–Kier alpha value is -2.28. The number of hydrogen-bond donors (Lipinski definition) is 2. The van der Waals surface area contributed by atoms with E-state index in [-0.39, 0.29) is 5.69 Å². The molecule has 2 aromatic rings. The van der Waals surface area contributed by atoms with Gasteiger partial charge in [-0.15, -0.1) is 11.8 Å². The molecule has 0 fully saturated rings. The molecular weight excluding hydrogens is 288 g/mol. The predicted octanol–water partition coefficient (Wildman–Crippen LogP) is 3.89. The van der Waals surface area contributed by atoms with Gasteiger partial charge in [-0.3, -0.25) is 10.1 Å². The number of thioether (sulfide) groups is 1. The van der Waals surface area contributed by atoms with Crippen LogP contribution in [0.5, 0.6) is 0 Å². The Bertz CT molecular complexity index is 631. The van der Waals surface area contributed by atoms with Gasteiger partial charge in [0.05, 0.1) is 17.1 Å². The molecule has 1 heterocycles. The fourth-order valence-electron chi connectivity index (χ4n) is 1.78. The van der Waals surface area contributed by atoms with E-state index in [0.717, 1.165) is 10.6 Å². The molecule has 0 saturated carbocycles. The summed E-state index contributed by atoms with van der Waals surface area (Å²) in [4.78, 5) is 16.0. The highest BCUT2D eigenvalue weighted by Gasteiger charge is 2.11. The number of hydrogen-bond acceptors (Lipinski definition) is 6. The molecule has 0 spiro atoms. The third kappa shape index (κ3) is 4.09. The van der Waals surface area contributed by atoms with Crippen LogP contribution in [0.15, 0.2) is 41.3 Å². The summed E-state index contributed by atoms with van der Waals surface area (Å²) in [5.74, 6) is 0.923. The summed E-state index contributed by atoms with van der Waals surface area (Å²) in [6.45, 7) is 2.56. The minimum absolute atomic E-state index is 0.00387. The summed E-state index contributed by atoms with van der Waals surface area (Å²) in [6.07, 6.45) is 2.01. The molecule has 6 nitrogen and oxygen atoms in total. The van der Waals surface area contributed by atoms with Crippen molar-refractivity contribution in [2.75, 3.05) is 23.4 Å². The van der Waals surface area contributed by atoms with E-state index >= 15 is 0 Å². The monoisotopic (exact) mass is 304 g/mol. The molecule has 110 valence electrons. The van der Waals surface area contributed by atoms with Gasteiger partial charge in [-0.2, -0.15) is 0 Å². The molecule has 0 atom stereocenters. The average Bonchev–Trinajstić information content (AvgIpc) is 2.48. The van der Waals surface area contributed by atoms with Gasteiger partial charge in [0.2, 0.25) is 0 Å². The number of pyridine rings is 1. The summed E-state index contributed by atoms with van der Waals surface area (Å²) in [5.41, 5.74) is 0.840. The molecule has 0 saturated heterocycles. The first-order chi connectivity index (χ1) is 10.1.